The molecular weight excluding hydrogens is 202 g/mol. The van der Waals surface area contributed by atoms with Crippen molar-refractivity contribution in [1.82, 2.24) is 10.3 Å². The van der Waals surface area contributed by atoms with E-state index in [9.17, 15) is 4.79 Å². The van der Waals surface area contributed by atoms with Gasteiger partial charge in [-0.1, -0.05) is 13.8 Å². The number of aromatic nitrogens is 1. The molecule has 0 aliphatic rings. The van der Waals surface area contributed by atoms with E-state index in [1.165, 1.54) is 0 Å². The molecule has 0 bridgehead atoms. The Balaban J connectivity index is 2.63. The molecule has 0 saturated carbocycles. The summed E-state index contributed by atoms with van der Waals surface area (Å²) in [6.45, 7) is 6.58. The standard InChI is InChI=1S/C12H19N3O/c1-8(2)11(12(13)16)15-7-10-6-14-5-4-9(10)3/h4-6,8,11,15H,7H2,1-3H3,(H2,13,16). The third-order valence-corrected chi connectivity index (χ3v) is 2.63. The molecule has 1 unspecified atom stereocenters. The van der Waals surface area contributed by atoms with Crippen LogP contribution in [0.3, 0.4) is 0 Å². The van der Waals surface area contributed by atoms with E-state index in [0.717, 1.165) is 11.1 Å². The number of carbonyl (C=O) groups excluding carboxylic acids is 1. The van der Waals surface area contributed by atoms with Crippen LogP contribution in [-0.2, 0) is 11.3 Å². The van der Waals surface area contributed by atoms with Gasteiger partial charge < -0.3 is 11.1 Å². The highest BCUT2D eigenvalue weighted by Gasteiger charge is 2.18. The smallest absolute Gasteiger partial charge is 0.234 e. The van der Waals surface area contributed by atoms with E-state index in [1.807, 2.05) is 26.8 Å². The van der Waals surface area contributed by atoms with E-state index < -0.39 is 0 Å². The van der Waals surface area contributed by atoms with E-state index in [-0.39, 0.29) is 17.9 Å². The third-order valence-electron chi connectivity index (χ3n) is 2.63. The number of carbonyl (C=O) groups is 1. The first-order valence-corrected chi connectivity index (χ1v) is 5.44. The average Bonchev–Trinajstić information content (AvgIpc) is 2.20. The van der Waals surface area contributed by atoms with Crippen LogP contribution in [0, 0.1) is 12.8 Å². The van der Waals surface area contributed by atoms with Crippen molar-refractivity contribution in [2.75, 3.05) is 0 Å². The van der Waals surface area contributed by atoms with Gasteiger partial charge in [-0.25, -0.2) is 0 Å². The quantitative estimate of drug-likeness (QED) is 0.779. The number of pyridine rings is 1. The molecule has 0 saturated heterocycles. The number of amides is 1. The topological polar surface area (TPSA) is 68.0 Å². The summed E-state index contributed by atoms with van der Waals surface area (Å²) in [5, 5.41) is 3.16. The van der Waals surface area contributed by atoms with E-state index >= 15 is 0 Å². The number of hydrogen-bond acceptors (Lipinski definition) is 3. The number of primary amides is 1. The first kappa shape index (κ1) is 12.6. The summed E-state index contributed by atoms with van der Waals surface area (Å²) >= 11 is 0. The van der Waals surface area contributed by atoms with Crippen molar-refractivity contribution in [3.63, 3.8) is 0 Å². The van der Waals surface area contributed by atoms with Gasteiger partial charge in [-0.2, -0.15) is 0 Å². The number of hydrogen-bond donors (Lipinski definition) is 2. The Bertz CT molecular complexity index is 363. The Morgan fingerprint density at radius 1 is 1.56 bits per heavy atom. The van der Waals surface area contributed by atoms with Crippen LogP contribution in [0.4, 0.5) is 0 Å². The minimum atomic E-state index is -0.309. The van der Waals surface area contributed by atoms with Crippen LogP contribution in [0.25, 0.3) is 0 Å². The zero-order chi connectivity index (χ0) is 12.1. The van der Waals surface area contributed by atoms with E-state index in [2.05, 4.69) is 10.3 Å². The lowest BCUT2D eigenvalue weighted by Gasteiger charge is -2.19. The van der Waals surface area contributed by atoms with Gasteiger partial charge in [0.2, 0.25) is 5.91 Å². The van der Waals surface area contributed by atoms with E-state index in [1.54, 1.807) is 12.4 Å². The van der Waals surface area contributed by atoms with E-state index in [4.69, 9.17) is 5.73 Å². The van der Waals surface area contributed by atoms with Crippen molar-refractivity contribution < 1.29 is 4.79 Å². The summed E-state index contributed by atoms with van der Waals surface area (Å²) in [4.78, 5) is 15.2. The summed E-state index contributed by atoms with van der Waals surface area (Å²) in [5.74, 6) is -0.119. The normalized spacial score (nSPS) is 12.8. The molecule has 0 aliphatic heterocycles. The molecule has 0 fully saturated rings. The highest BCUT2D eigenvalue weighted by Crippen LogP contribution is 2.07. The molecule has 1 atom stereocenters. The van der Waals surface area contributed by atoms with Gasteiger partial charge >= 0.3 is 0 Å². The van der Waals surface area contributed by atoms with Gasteiger partial charge in [0.1, 0.15) is 0 Å². The van der Waals surface area contributed by atoms with E-state index in [0.29, 0.717) is 6.54 Å². The number of nitrogens with one attached hydrogen (secondary N) is 1. The molecule has 3 N–H and O–H groups in total. The lowest BCUT2D eigenvalue weighted by Crippen LogP contribution is -2.44. The Morgan fingerprint density at radius 2 is 2.25 bits per heavy atom. The summed E-state index contributed by atoms with van der Waals surface area (Å²) in [6.07, 6.45) is 3.56. The van der Waals surface area contributed by atoms with Gasteiger partial charge in [-0.3, -0.25) is 9.78 Å². The van der Waals surface area contributed by atoms with Crippen molar-refractivity contribution in [3.05, 3.63) is 29.6 Å². The Hall–Kier alpha value is -1.42. The van der Waals surface area contributed by atoms with Crippen LogP contribution in [0.2, 0.25) is 0 Å². The predicted molar refractivity (Wildman–Crippen MR) is 63.6 cm³/mol. The number of nitrogens with zero attached hydrogens (tertiary/aromatic N) is 1. The summed E-state index contributed by atoms with van der Waals surface area (Å²) < 4.78 is 0. The lowest BCUT2D eigenvalue weighted by atomic mass is 10.0. The molecule has 16 heavy (non-hydrogen) atoms. The van der Waals surface area contributed by atoms with Gasteiger partial charge in [0.05, 0.1) is 6.04 Å². The lowest BCUT2D eigenvalue weighted by molar-refractivity contribution is -0.121. The van der Waals surface area contributed by atoms with Crippen LogP contribution in [0.15, 0.2) is 18.5 Å². The maximum atomic E-state index is 11.2. The van der Waals surface area contributed by atoms with Gasteiger partial charge in [0, 0.05) is 18.9 Å². The van der Waals surface area contributed by atoms with Crippen molar-refractivity contribution in [1.29, 1.82) is 0 Å². The largest absolute Gasteiger partial charge is 0.368 e. The Kier molecular flexibility index (Phi) is 4.43. The molecule has 0 aromatic carbocycles. The van der Waals surface area contributed by atoms with Crippen LogP contribution in [-0.4, -0.2) is 16.9 Å². The van der Waals surface area contributed by atoms with Gasteiger partial charge in [-0.15, -0.1) is 0 Å². The molecule has 0 radical (unpaired) electrons. The molecule has 1 aromatic rings. The van der Waals surface area contributed by atoms with Crippen LogP contribution in [0.1, 0.15) is 25.0 Å². The van der Waals surface area contributed by atoms with Gasteiger partial charge in [0.15, 0.2) is 0 Å². The molecule has 1 amide bonds. The van der Waals surface area contributed by atoms with Crippen molar-refractivity contribution in [2.45, 2.75) is 33.4 Å². The predicted octanol–water partition coefficient (Wildman–Crippen LogP) is 0.990. The minimum Gasteiger partial charge on any atom is -0.368 e. The summed E-state index contributed by atoms with van der Waals surface area (Å²) in [6, 6.07) is 1.66. The molecule has 0 spiro atoms. The van der Waals surface area contributed by atoms with Crippen molar-refractivity contribution >= 4 is 5.91 Å². The molecule has 88 valence electrons. The second-order valence-electron chi connectivity index (χ2n) is 4.31. The molecule has 1 rings (SSSR count). The number of nitrogens with two attached hydrogens (primary N) is 1. The highest BCUT2D eigenvalue weighted by molar-refractivity contribution is 5.80. The first-order valence-electron chi connectivity index (χ1n) is 5.44. The fourth-order valence-electron chi connectivity index (χ4n) is 1.57. The molecule has 4 nitrogen and oxygen atoms in total. The maximum absolute atomic E-state index is 11.2. The Morgan fingerprint density at radius 3 is 2.75 bits per heavy atom. The second-order valence-corrected chi connectivity index (χ2v) is 4.31. The van der Waals surface area contributed by atoms with Crippen LogP contribution < -0.4 is 11.1 Å². The number of aryl methyl sites for hydroxylation is 1. The Labute approximate surface area is 96.3 Å². The van der Waals surface area contributed by atoms with Gasteiger partial charge in [-0.05, 0) is 30.0 Å². The third kappa shape index (κ3) is 3.31. The highest BCUT2D eigenvalue weighted by atomic mass is 16.1. The molecule has 1 aromatic heterocycles. The van der Waals surface area contributed by atoms with Gasteiger partial charge in [0.25, 0.3) is 0 Å². The fourth-order valence-corrected chi connectivity index (χ4v) is 1.57. The molecule has 0 aliphatic carbocycles. The average molecular weight is 221 g/mol. The van der Waals surface area contributed by atoms with Crippen molar-refractivity contribution in [3.8, 4) is 0 Å². The fraction of sp³-hybridized carbons (Fsp3) is 0.500. The van der Waals surface area contributed by atoms with Crippen LogP contribution >= 0.6 is 0 Å². The number of rotatable bonds is 5. The summed E-state index contributed by atoms with van der Waals surface area (Å²) in [5.41, 5.74) is 7.58. The minimum absolute atomic E-state index is 0.189. The first-order chi connectivity index (χ1) is 7.52. The molecule has 4 heteroatoms. The van der Waals surface area contributed by atoms with Crippen molar-refractivity contribution in [2.24, 2.45) is 11.7 Å². The monoisotopic (exact) mass is 221 g/mol. The second kappa shape index (κ2) is 5.61. The zero-order valence-corrected chi connectivity index (χ0v) is 10.0. The zero-order valence-electron chi connectivity index (χ0n) is 10.0. The molecular formula is C12H19N3O. The molecule has 1 heterocycles. The SMILES string of the molecule is Cc1ccncc1CNC(C(N)=O)C(C)C. The summed E-state index contributed by atoms with van der Waals surface area (Å²) in [7, 11) is 0. The van der Waals surface area contributed by atoms with Crippen LogP contribution in [0.5, 0.6) is 0 Å². The maximum Gasteiger partial charge on any atom is 0.234 e.